The van der Waals surface area contributed by atoms with Gasteiger partial charge in [0, 0.05) is 17.6 Å². The average Bonchev–Trinajstić information content (AvgIpc) is 3.18. The van der Waals surface area contributed by atoms with Gasteiger partial charge >= 0.3 is 0 Å². The van der Waals surface area contributed by atoms with Gasteiger partial charge in [-0.05, 0) is 48.9 Å². The number of carbonyl (C=O) groups excluding carboxylic acids is 1. The van der Waals surface area contributed by atoms with Gasteiger partial charge in [0.25, 0.3) is 0 Å². The first kappa shape index (κ1) is 14.7. The van der Waals surface area contributed by atoms with Crippen molar-refractivity contribution in [1.29, 1.82) is 0 Å². The van der Waals surface area contributed by atoms with Crippen LogP contribution in [0.1, 0.15) is 24.6 Å². The molecule has 0 saturated carbocycles. The summed E-state index contributed by atoms with van der Waals surface area (Å²) in [6, 6.07) is 14.3. The Morgan fingerprint density at radius 2 is 2.00 bits per heavy atom. The highest BCUT2D eigenvalue weighted by Gasteiger charge is 2.49. The van der Waals surface area contributed by atoms with Crippen molar-refractivity contribution in [2.75, 3.05) is 17.7 Å². The number of carbonyl (C=O) groups is 1. The molecule has 2 aromatic rings. The summed E-state index contributed by atoms with van der Waals surface area (Å²) >= 11 is 1.73. The van der Waals surface area contributed by atoms with Gasteiger partial charge in [0.05, 0.1) is 6.04 Å². The van der Waals surface area contributed by atoms with Crippen LogP contribution in [0.15, 0.2) is 53.6 Å². The Bertz CT molecular complexity index is 704. The molecule has 0 radical (unpaired) electrons. The molecule has 0 N–H and O–H groups in total. The maximum atomic E-state index is 12.9. The van der Waals surface area contributed by atoms with Crippen LogP contribution >= 0.6 is 11.8 Å². The van der Waals surface area contributed by atoms with E-state index in [-0.39, 0.29) is 18.1 Å². The number of aromatic nitrogens is 1. The van der Waals surface area contributed by atoms with E-state index in [1.54, 1.807) is 18.0 Å². The molecule has 1 amide bonds. The summed E-state index contributed by atoms with van der Waals surface area (Å²) in [4.78, 5) is 22.8. The monoisotopic (exact) mass is 325 g/mol. The molecule has 23 heavy (non-hydrogen) atoms. The molecule has 0 aliphatic carbocycles. The zero-order valence-corrected chi connectivity index (χ0v) is 13.9. The van der Waals surface area contributed by atoms with Gasteiger partial charge in [-0.15, -0.1) is 11.8 Å². The standard InChI is InChI=1S/C18H19N3OS/c1-23-14-9-7-13(8-10-14)17-20-12-4-5-15(20)18(22)21(17)16-6-2-3-11-19-16/h2-3,6-11,15,17H,4-5,12H2,1H3/t15-,17+/m0/s1. The molecule has 5 heteroatoms. The molecule has 2 fully saturated rings. The van der Waals surface area contributed by atoms with E-state index in [0.717, 1.165) is 30.8 Å². The Kier molecular flexibility index (Phi) is 3.83. The number of hydrogen-bond acceptors (Lipinski definition) is 4. The number of anilines is 1. The van der Waals surface area contributed by atoms with Crippen molar-refractivity contribution in [2.24, 2.45) is 0 Å². The van der Waals surface area contributed by atoms with Crippen LogP contribution in [0.4, 0.5) is 5.82 Å². The van der Waals surface area contributed by atoms with E-state index < -0.39 is 0 Å². The number of amides is 1. The first-order valence-electron chi connectivity index (χ1n) is 7.93. The molecular formula is C18H19N3OS. The molecule has 0 unspecified atom stereocenters. The van der Waals surface area contributed by atoms with E-state index in [4.69, 9.17) is 0 Å². The molecule has 1 aromatic heterocycles. The third kappa shape index (κ3) is 2.44. The normalized spacial score (nSPS) is 24.2. The van der Waals surface area contributed by atoms with Crippen LogP contribution in [0, 0.1) is 0 Å². The molecule has 0 bridgehead atoms. The number of benzene rings is 1. The average molecular weight is 325 g/mol. The zero-order chi connectivity index (χ0) is 15.8. The minimum absolute atomic E-state index is 0.00207. The summed E-state index contributed by atoms with van der Waals surface area (Å²) in [6.07, 6.45) is 5.82. The lowest BCUT2D eigenvalue weighted by molar-refractivity contribution is -0.119. The Labute approximate surface area is 140 Å². The maximum Gasteiger partial charge on any atom is 0.247 e. The highest BCUT2D eigenvalue weighted by atomic mass is 32.2. The van der Waals surface area contributed by atoms with Crippen LogP contribution in [-0.2, 0) is 4.79 Å². The highest BCUT2D eigenvalue weighted by Crippen LogP contribution is 2.41. The molecular weight excluding hydrogens is 306 g/mol. The van der Waals surface area contributed by atoms with E-state index in [0.29, 0.717) is 0 Å². The molecule has 0 spiro atoms. The van der Waals surface area contributed by atoms with Crippen molar-refractivity contribution in [1.82, 2.24) is 9.88 Å². The number of rotatable bonds is 3. The molecule has 2 saturated heterocycles. The first-order chi connectivity index (χ1) is 11.3. The second-order valence-electron chi connectivity index (χ2n) is 5.94. The lowest BCUT2D eigenvalue weighted by atomic mass is 10.1. The number of hydrogen-bond donors (Lipinski definition) is 0. The van der Waals surface area contributed by atoms with Crippen molar-refractivity contribution < 1.29 is 4.79 Å². The Morgan fingerprint density at radius 3 is 2.70 bits per heavy atom. The fourth-order valence-corrected chi connectivity index (χ4v) is 4.04. The van der Waals surface area contributed by atoms with Crippen LogP contribution in [-0.4, -0.2) is 34.6 Å². The quantitative estimate of drug-likeness (QED) is 0.811. The summed E-state index contributed by atoms with van der Waals surface area (Å²) in [5, 5.41) is 0. The van der Waals surface area contributed by atoms with E-state index in [1.165, 1.54) is 4.90 Å². The maximum absolute atomic E-state index is 12.9. The second kappa shape index (κ2) is 5.98. The molecule has 3 heterocycles. The number of thioether (sulfide) groups is 1. The third-order valence-corrected chi connectivity index (χ3v) is 5.43. The van der Waals surface area contributed by atoms with Gasteiger partial charge < -0.3 is 0 Å². The molecule has 4 rings (SSSR count). The van der Waals surface area contributed by atoms with E-state index in [1.807, 2.05) is 23.1 Å². The summed E-state index contributed by atoms with van der Waals surface area (Å²) in [5.41, 5.74) is 1.16. The smallest absolute Gasteiger partial charge is 0.247 e. The molecule has 118 valence electrons. The summed E-state index contributed by atoms with van der Waals surface area (Å²) in [7, 11) is 0. The van der Waals surface area contributed by atoms with E-state index in [9.17, 15) is 4.79 Å². The lowest BCUT2D eigenvalue weighted by Crippen LogP contribution is -2.32. The van der Waals surface area contributed by atoms with Crippen LogP contribution in [0.3, 0.4) is 0 Å². The zero-order valence-electron chi connectivity index (χ0n) is 13.1. The summed E-state index contributed by atoms with van der Waals surface area (Å²) in [5.74, 6) is 0.922. The van der Waals surface area contributed by atoms with Crippen molar-refractivity contribution in [3.05, 3.63) is 54.2 Å². The van der Waals surface area contributed by atoms with Crippen molar-refractivity contribution in [3.63, 3.8) is 0 Å². The van der Waals surface area contributed by atoms with Crippen molar-refractivity contribution >= 4 is 23.5 Å². The first-order valence-corrected chi connectivity index (χ1v) is 9.16. The van der Waals surface area contributed by atoms with Crippen LogP contribution in [0.2, 0.25) is 0 Å². The van der Waals surface area contributed by atoms with Gasteiger partial charge in [-0.3, -0.25) is 14.6 Å². The number of fused-ring (bicyclic) bond motifs is 1. The van der Waals surface area contributed by atoms with Gasteiger partial charge in [0.15, 0.2) is 0 Å². The third-order valence-electron chi connectivity index (χ3n) is 4.69. The minimum Gasteiger partial charge on any atom is -0.275 e. The van der Waals surface area contributed by atoms with Gasteiger partial charge in [-0.2, -0.15) is 0 Å². The molecule has 2 aliphatic heterocycles. The number of nitrogens with zero attached hydrogens (tertiary/aromatic N) is 3. The minimum atomic E-state index is -0.0409. The fourth-order valence-electron chi connectivity index (χ4n) is 3.63. The van der Waals surface area contributed by atoms with Gasteiger partial charge in [-0.1, -0.05) is 18.2 Å². The molecule has 4 nitrogen and oxygen atoms in total. The Balaban J connectivity index is 1.77. The predicted octanol–water partition coefficient (Wildman–Crippen LogP) is 3.31. The van der Waals surface area contributed by atoms with Crippen molar-refractivity contribution in [2.45, 2.75) is 29.9 Å². The van der Waals surface area contributed by atoms with Gasteiger partial charge in [0.2, 0.25) is 5.91 Å². The molecule has 2 aliphatic rings. The van der Waals surface area contributed by atoms with Crippen LogP contribution in [0.5, 0.6) is 0 Å². The Morgan fingerprint density at radius 1 is 1.17 bits per heavy atom. The molecule has 2 atom stereocenters. The topological polar surface area (TPSA) is 36.4 Å². The SMILES string of the molecule is CSc1ccc([C@H]2N(c3ccccn3)C(=O)[C@@H]3CCCN32)cc1. The molecule has 1 aromatic carbocycles. The lowest BCUT2D eigenvalue weighted by Gasteiger charge is -2.29. The highest BCUT2D eigenvalue weighted by molar-refractivity contribution is 7.98. The van der Waals surface area contributed by atoms with Crippen molar-refractivity contribution in [3.8, 4) is 0 Å². The van der Waals surface area contributed by atoms with Crippen LogP contribution in [0.25, 0.3) is 0 Å². The Hall–Kier alpha value is -1.85. The fraction of sp³-hybridized carbons (Fsp3) is 0.333. The number of pyridine rings is 1. The second-order valence-corrected chi connectivity index (χ2v) is 6.82. The van der Waals surface area contributed by atoms with Gasteiger partial charge in [0.1, 0.15) is 12.0 Å². The largest absolute Gasteiger partial charge is 0.275 e. The van der Waals surface area contributed by atoms with Crippen LogP contribution < -0.4 is 4.90 Å². The summed E-state index contributed by atoms with van der Waals surface area (Å²) in [6.45, 7) is 0.967. The summed E-state index contributed by atoms with van der Waals surface area (Å²) < 4.78 is 0. The van der Waals surface area contributed by atoms with E-state index >= 15 is 0 Å². The predicted molar refractivity (Wildman–Crippen MR) is 92.4 cm³/mol. The van der Waals surface area contributed by atoms with Gasteiger partial charge in [-0.25, -0.2) is 4.98 Å². The van der Waals surface area contributed by atoms with E-state index in [2.05, 4.69) is 40.4 Å².